The van der Waals surface area contributed by atoms with Crippen molar-refractivity contribution in [3.63, 3.8) is 0 Å². The van der Waals surface area contributed by atoms with Crippen molar-refractivity contribution in [1.82, 2.24) is 4.90 Å². The number of nitrogens with two attached hydrogens (primary N) is 1. The molecule has 1 saturated heterocycles. The zero-order valence-corrected chi connectivity index (χ0v) is 12.7. The number of nitrogens with zero attached hydrogens (tertiary/aromatic N) is 1. The average Bonchev–Trinajstić information content (AvgIpc) is 3.27. The van der Waals surface area contributed by atoms with Gasteiger partial charge in [0.1, 0.15) is 0 Å². The van der Waals surface area contributed by atoms with Crippen molar-refractivity contribution < 1.29 is 9.53 Å². The van der Waals surface area contributed by atoms with Crippen molar-refractivity contribution in [2.45, 2.75) is 31.7 Å². The highest BCUT2D eigenvalue weighted by Gasteiger charge is 2.39. The van der Waals surface area contributed by atoms with Gasteiger partial charge in [-0.15, -0.1) is 0 Å². The Morgan fingerprint density at radius 2 is 1.90 bits per heavy atom. The Morgan fingerprint density at radius 3 is 2.48 bits per heavy atom. The molecule has 0 spiro atoms. The van der Waals surface area contributed by atoms with Gasteiger partial charge in [0.05, 0.1) is 13.2 Å². The van der Waals surface area contributed by atoms with Crippen LogP contribution in [0.3, 0.4) is 0 Å². The smallest absolute Gasteiger partial charge is 0.225 e. The molecule has 114 valence electrons. The Labute approximate surface area is 126 Å². The second kappa shape index (κ2) is 5.78. The van der Waals surface area contributed by atoms with Crippen molar-refractivity contribution >= 4 is 5.91 Å². The SMILES string of the molecule is CC(Cc1ccc(C2(N)CC2)cc1)C(=O)N1CCOCC1. The minimum atomic E-state index is -0.0756. The maximum Gasteiger partial charge on any atom is 0.225 e. The molecule has 0 bridgehead atoms. The van der Waals surface area contributed by atoms with E-state index in [9.17, 15) is 4.79 Å². The molecule has 0 radical (unpaired) electrons. The second-order valence-electron chi connectivity index (χ2n) is 6.40. The quantitative estimate of drug-likeness (QED) is 0.917. The lowest BCUT2D eigenvalue weighted by Gasteiger charge is -2.29. The molecule has 1 atom stereocenters. The summed E-state index contributed by atoms with van der Waals surface area (Å²) in [6.45, 7) is 4.77. The molecule has 2 fully saturated rings. The van der Waals surface area contributed by atoms with E-state index in [0.29, 0.717) is 13.2 Å². The fourth-order valence-corrected chi connectivity index (χ4v) is 2.93. The van der Waals surface area contributed by atoms with Gasteiger partial charge in [-0.1, -0.05) is 31.2 Å². The topological polar surface area (TPSA) is 55.6 Å². The van der Waals surface area contributed by atoms with E-state index in [4.69, 9.17) is 10.5 Å². The number of carbonyl (C=O) groups is 1. The Kier molecular flexibility index (Phi) is 4.00. The zero-order chi connectivity index (χ0) is 14.9. The third kappa shape index (κ3) is 3.27. The number of morpholine rings is 1. The summed E-state index contributed by atoms with van der Waals surface area (Å²) in [5.74, 6) is 0.251. The summed E-state index contributed by atoms with van der Waals surface area (Å²) in [6.07, 6.45) is 2.95. The molecule has 2 aliphatic rings. The van der Waals surface area contributed by atoms with Crippen LogP contribution in [0.2, 0.25) is 0 Å². The summed E-state index contributed by atoms with van der Waals surface area (Å²) in [7, 11) is 0. The summed E-state index contributed by atoms with van der Waals surface area (Å²) < 4.78 is 5.29. The molecule has 2 N–H and O–H groups in total. The number of ether oxygens (including phenoxy) is 1. The maximum absolute atomic E-state index is 12.4. The van der Waals surface area contributed by atoms with E-state index < -0.39 is 0 Å². The molecular weight excluding hydrogens is 264 g/mol. The van der Waals surface area contributed by atoms with Crippen molar-refractivity contribution in [2.24, 2.45) is 11.7 Å². The summed E-state index contributed by atoms with van der Waals surface area (Å²) in [6, 6.07) is 8.47. The molecule has 4 nitrogen and oxygen atoms in total. The molecule has 1 saturated carbocycles. The molecule has 1 amide bonds. The molecule has 3 rings (SSSR count). The van der Waals surface area contributed by atoms with Gasteiger partial charge in [0.25, 0.3) is 0 Å². The molecule has 1 aliphatic carbocycles. The van der Waals surface area contributed by atoms with Crippen LogP contribution in [-0.2, 0) is 21.5 Å². The van der Waals surface area contributed by atoms with Crippen molar-refractivity contribution in [1.29, 1.82) is 0 Å². The van der Waals surface area contributed by atoms with Crippen LogP contribution in [0.4, 0.5) is 0 Å². The normalized spacial score (nSPS) is 21.9. The van der Waals surface area contributed by atoms with Gasteiger partial charge in [0.15, 0.2) is 0 Å². The van der Waals surface area contributed by atoms with Crippen LogP contribution in [-0.4, -0.2) is 37.1 Å². The fourth-order valence-electron chi connectivity index (χ4n) is 2.93. The highest BCUT2D eigenvalue weighted by Crippen LogP contribution is 2.42. The van der Waals surface area contributed by atoms with Crippen molar-refractivity contribution in [2.75, 3.05) is 26.3 Å². The van der Waals surface area contributed by atoms with E-state index in [-0.39, 0.29) is 17.4 Å². The largest absolute Gasteiger partial charge is 0.378 e. The van der Waals surface area contributed by atoms with Crippen LogP contribution >= 0.6 is 0 Å². The molecule has 1 aromatic carbocycles. The lowest BCUT2D eigenvalue weighted by Crippen LogP contribution is -2.43. The predicted octanol–water partition coefficient (Wildman–Crippen LogP) is 1.67. The summed E-state index contributed by atoms with van der Waals surface area (Å²) in [5, 5.41) is 0. The van der Waals surface area contributed by atoms with Gasteiger partial charge in [-0.3, -0.25) is 4.79 Å². The molecule has 1 unspecified atom stereocenters. The van der Waals surface area contributed by atoms with Crippen LogP contribution in [0, 0.1) is 5.92 Å². The fraction of sp³-hybridized carbons (Fsp3) is 0.588. The van der Waals surface area contributed by atoms with Crippen molar-refractivity contribution in [3.05, 3.63) is 35.4 Å². The molecule has 1 aromatic rings. The van der Waals surface area contributed by atoms with E-state index >= 15 is 0 Å². The minimum Gasteiger partial charge on any atom is -0.378 e. The Morgan fingerprint density at radius 1 is 1.29 bits per heavy atom. The zero-order valence-electron chi connectivity index (χ0n) is 12.7. The number of rotatable bonds is 4. The molecule has 21 heavy (non-hydrogen) atoms. The average molecular weight is 288 g/mol. The van der Waals surface area contributed by atoms with Crippen LogP contribution in [0.1, 0.15) is 30.9 Å². The lowest BCUT2D eigenvalue weighted by atomic mass is 9.97. The third-order valence-corrected chi connectivity index (χ3v) is 4.60. The van der Waals surface area contributed by atoms with E-state index in [1.165, 1.54) is 11.1 Å². The monoisotopic (exact) mass is 288 g/mol. The van der Waals surface area contributed by atoms with Gasteiger partial charge < -0.3 is 15.4 Å². The first kappa shape index (κ1) is 14.5. The third-order valence-electron chi connectivity index (χ3n) is 4.60. The van der Waals surface area contributed by atoms with Crippen LogP contribution in [0.5, 0.6) is 0 Å². The summed E-state index contributed by atoms with van der Waals surface area (Å²) in [4.78, 5) is 14.3. The van der Waals surface area contributed by atoms with E-state index in [2.05, 4.69) is 24.3 Å². The first-order valence-corrected chi connectivity index (χ1v) is 7.83. The van der Waals surface area contributed by atoms with E-state index in [1.807, 2.05) is 11.8 Å². The molecule has 1 aliphatic heterocycles. The van der Waals surface area contributed by atoms with Crippen LogP contribution in [0.25, 0.3) is 0 Å². The van der Waals surface area contributed by atoms with Gasteiger partial charge in [0.2, 0.25) is 5.91 Å². The van der Waals surface area contributed by atoms with Gasteiger partial charge in [-0.2, -0.15) is 0 Å². The Hall–Kier alpha value is -1.39. The minimum absolute atomic E-state index is 0.0155. The van der Waals surface area contributed by atoms with E-state index in [1.54, 1.807) is 0 Å². The summed E-state index contributed by atoms with van der Waals surface area (Å²) >= 11 is 0. The van der Waals surface area contributed by atoms with Gasteiger partial charge in [0, 0.05) is 24.5 Å². The first-order chi connectivity index (χ1) is 10.1. The van der Waals surface area contributed by atoms with Crippen molar-refractivity contribution in [3.8, 4) is 0 Å². The lowest BCUT2D eigenvalue weighted by molar-refractivity contribution is -0.139. The Bertz CT molecular complexity index is 502. The molecule has 1 heterocycles. The predicted molar refractivity (Wildman–Crippen MR) is 81.8 cm³/mol. The van der Waals surface area contributed by atoms with Gasteiger partial charge >= 0.3 is 0 Å². The number of amides is 1. The highest BCUT2D eigenvalue weighted by molar-refractivity contribution is 5.78. The van der Waals surface area contributed by atoms with Crippen LogP contribution < -0.4 is 5.73 Å². The molecular formula is C17H24N2O2. The van der Waals surface area contributed by atoms with Gasteiger partial charge in [-0.25, -0.2) is 0 Å². The number of benzene rings is 1. The maximum atomic E-state index is 12.4. The number of hydrogen-bond acceptors (Lipinski definition) is 3. The highest BCUT2D eigenvalue weighted by atomic mass is 16.5. The standard InChI is InChI=1S/C17H24N2O2/c1-13(16(20)19-8-10-21-11-9-19)12-14-2-4-15(5-3-14)17(18)6-7-17/h2-5,13H,6-12,18H2,1H3. The number of carbonyl (C=O) groups excluding carboxylic acids is 1. The summed E-state index contributed by atoms with van der Waals surface area (Å²) in [5.41, 5.74) is 8.54. The van der Waals surface area contributed by atoms with Gasteiger partial charge in [-0.05, 0) is 30.4 Å². The Balaban J connectivity index is 1.58. The molecule has 0 aromatic heterocycles. The number of hydrogen-bond donors (Lipinski definition) is 1. The first-order valence-electron chi connectivity index (χ1n) is 7.83. The molecule has 4 heteroatoms. The van der Waals surface area contributed by atoms with Crippen LogP contribution in [0.15, 0.2) is 24.3 Å². The second-order valence-corrected chi connectivity index (χ2v) is 6.40. The van der Waals surface area contributed by atoms with E-state index in [0.717, 1.165) is 32.4 Å².